The number of fused-ring (bicyclic) bond motifs is 1. The summed E-state index contributed by atoms with van der Waals surface area (Å²) in [5, 5.41) is 4.46. The number of rotatable bonds is 5. The number of nitrogens with one attached hydrogen (secondary N) is 3. The van der Waals surface area contributed by atoms with Gasteiger partial charge in [-0.25, -0.2) is 0 Å². The number of morpholine rings is 1. The average Bonchev–Trinajstić information content (AvgIpc) is 2.73. The van der Waals surface area contributed by atoms with Crippen molar-refractivity contribution >= 4 is 28.4 Å². The zero-order chi connectivity index (χ0) is 21.1. The Balaban J connectivity index is 1.48. The summed E-state index contributed by atoms with van der Waals surface area (Å²) in [5.74, 6) is -0.130. The number of ether oxygens (including phenoxy) is 1. The van der Waals surface area contributed by atoms with Crippen LogP contribution in [0.25, 0.3) is 22.0 Å². The molecular formula is C23H25ClN3O3+. The summed E-state index contributed by atoms with van der Waals surface area (Å²) in [4.78, 5) is 28.6. The molecule has 0 bridgehead atoms. The minimum atomic E-state index is -0.130. The van der Waals surface area contributed by atoms with E-state index >= 15 is 0 Å². The van der Waals surface area contributed by atoms with Gasteiger partial charge in [0.2, 0.25) is 5.56 Å². The van der Waals surface area contributed by atoms with Crippen LogP contribution in [0.3, 0.4) is 0 Å². The number of hydrogen-bond donors (Lipinski definition) is 3. The van der Waals surface area contributed by atoms with Crippen LogP contribution in [0.5, 0.6) is 0 Å². The lowest BCUT2D eigenvalue weighted by atomic mass is 10.0. The SMILES string of the molecule is Cc1cc(=O)[nH]c2cc(-c3ccc(C(=O)NCC[NH+]4CCOCC4)cc3Cl)ccc12. The number of aromatic amines is 1. The highest BCUT2D eigenvalue weighted by Crippen LogP contribution is 2.31. The Morgan fingerprint density at radius 1 is 1.17 bits per heavy atom. The van der Waals surface area contributed by atoms with Crippen molar-refractivity contribution in [2.75, 3.05) is 39.4 Å². The second-order valence-electron chi connectivity index (χ2n) is 7.64. The molecule has 1 aliphatic heterocycles. The highest BCUT2D eigenvalue weighted by molar-refractivity contribution is 6.33. The van der Waals surface area contributed by atoms with Gasteiger partial charge >= 0.3 is 0 Å². The third-order valence-corrected chi connectivity index (χ3v) is 5.87. The summed E-state index contributed by atoms with van der Waals surface area (Å²) < 4.78 is 5.35. The van der Waals surface area contributed by atoms with Crippen molar-refractivity contribution in [1.29, 1.82) is 0 Å². The molecule has 0 saturated carbocycles. The first-order chi connectivity index (χ1) is 14.5. The molecule has 0 spiro atoms. The summed E-state index contributed by atoms with van der Waals surface area (Å²) in [7, 11) is 0. The van der Waals surface area contributed by atoms with Crippen molar-refractivity contribution in [3.8, 4) is 11.1 Å². The molecule has 1 amide bonds. The topological polar surface area (TPSA) is 75.6 Å². The molecule has 0 aliphatic carbocycles. The van der Waals surface area contributed by atoms with Gasteiger partial charge in [0.1, 0.15) is 13.1 Å². The second kappa shape index (κ2) is 9.00. The van der Waals surface area contributed by atoms with E-state index in [0.717, 1.165) is 60.4 Å². The smallest absolute Gasteiger partial charge is 0.251 e. The minimum absolute atomic E-state index is 0.130. The molecule has 6 nitrogen and oxygen atoms in total. The molecule has 1 aliphatic rings. The Morgan fingerprint density at radius 2 is 1.97 bits per heavy atom. The lowest BCUT2D eigenvalue weighted by Crippen LogP contribution is -3.14. The number of hydrogen-bond acceptors (Lipinski definition) is 3. The first-order valence-electron chi connectivity index (χ1n) is 10.1. The van der Waals surface area contributed by atoms with Gasteiger partial charge in [-0.1, -0.05) is 29.8 Å². The van der Waals surface area contributed by atoms with E-state index in [2.05, 4.69) is 10.3 Å². The molecule has 7 heteroatoms. The van der Waals surface area contributed by atoms with Gasteiger partial charge < -0.3 is 19.9 Å². The van der Waals surface area contributed by atoms with Gasteiger partial charge in [0.15, 0.2) is 0 Å². The molecule has 30 heavy (non-hydrogen) atoms. The van der Waals surface area contributed by atoms with Crippen LogP contribution in [0.1, 0.15) is 15.9 Å². The van der Waals surface area contributed by atoms with Crippen molar-refractivity contribution in [3.63, 3.8) is 0 Å². The highest BCUT2D eigenvalue weighted by atomic mass is 35.5. The number of quaternary nitrogens is 1. The largest absolute Gasteiger partial charge is 0.370 e. The fraction of sp³-hybridized carbons (Fsp3) is 0.304. The van der Waals surface area contributed by atoms with E-state index in [1.165, 1.54) is 4.90 Å². The van der Waals surface area contributed by atoms with E-state index in [4.69, 9.17) is 16.3 Å². The van der Waals surface area contributed by atoms with Crippen LogP contribution in [0.4, 0.5) is 0 Å². The molecule has 2 heterocycles. The van der Waals surface area contributed by atoms with E-state index < -0.39 is 0 Å². The van der Waals surface area contributed by atoms with Crippen LogP contribution < -0.4 is 15.8 Å². The van der Waals surface area contributed by atoms with E-state index in [9.17, 15) is 9.59 Å². The zero-order valence-corrected chi connectivity index (χ0v) is 17.6. The molecule has 3 aromatic rings. The molecule has 0 unspecified atom stereocenters. The quantitative estimate of drug-likeness (QED) is 0.582. The first-order valence-corrected chi connectivity index (χ1v) is 10.5. The number of carbonyl (C=O) groups is 1. The normalized spacial score (nSPS) is 14.7. The van der Waals surface area contributed by atoms with Crippen LogP contribution in [-0.4, -0.2) is 50.3 Å². The summed E-state index contributed by atoms with van der Waals surface area (Å²) in [5.41, 5.74) is 3.80. The summed E-state index contributed by atoms with van der Waals surface area (Å²) in [6, 6.07) is 12.8. The predicted octanol–water partition coefficient (Wildman–Crippen LogP) is 1.80. The Hall–Kier alpha value is -2.67. The third kappa shape index (κ3) is 4.56. The predicted molar refractivity (Wildman–Crippen MR) is 118 cm³/mol. The van der Waals surface area contributed by atoms with Gasteiger partial charge in [0.05, 0.1) is 26.3 Å². The van der Waals surface area contributed by atoms with Gasteiger partial charge in [-0.05, 0) is 36.2 Å². The van der Waals surface area contributed by atoms with E-state index in [0.29, 0.717) is 17.1 Å². The van der Waals surface area contributed by atoms with Crippen LogP contribution in [0.15, 0.2) is 47.3 Å². The van der Waals surface area contributed by atoms with E-state index in [1.807, 2.05) is 31.2 Å². The number of aromatic nitrogens is 1. The number of pyridine rings is 1. The van der Waals surface area contributed by atoms with Crippen LogP contribution >= 0.6 is 11.6 Å². The summed E-state index contributed by atoms with van der Waals surface area (Å²) in [6.07, 6.45) is 0. The van der Waals surface area contributed by atoms with Gasteiger partial charge in [0.25, 0.3) is 5.91 Å². The van der Waals surface area contributed by atoms with Crippen molar-refractivity contribution in [2.24, 2.45) is 0 Å². The molecule has 2 aromatic carbocycles. The van der Waals surface area contributed by atoms with Crippen LogP contribution in [0.2, 0.25) is 5.02 Å². The molecule has 4 rings (SSSR count). The highest BCUT2D eigenvalue weighted by Gasteiger charge is 2.15. The van der Waals surface area contributed by atoms with Crippen molar-refractivity contribution in [3.05, 3.63) is 69.0 Å². The Bertz CT molecular complexity index is 1140. The summed E-state index contributed by atoms with van der Waals surface area (Å²) in [6.45, 7) is 6.93. The third-order valence-electron chi connectivity index (χ3n) is 5.56. The maximum absolute atomic E-state index is 12.5. The standard InChI is InChI=1S/C23H24ClN3O3/c1-15-12-22(28)26-21-14-16(2-4-18(15)21)19-5-3-17(13-20(19)24)23(29)25-6-7-27-8-10-30-11-9-27/h2-5,12-14H,6-11H2,1H3,(H,25,29)(H,26,28)/p+1. The molecule has 3 N–H and O–H groups in total. The van der Waals surface area contributed by atoms with Gasteiger partial charge in [-0.15, -0.1) is 0 Å². The number of halogens is 1. The molecule has 0 atom stereocenters. The van der Waals surface area contributed by atoms with Crippen molar-refractivity contribution < 1.29 is 14.4 Å². The van der Waals surface area contributed by atoms with Gasteiger partial charge in [0, 0.05) is 33.1 Å². The number of benzene rings is 2. The fourth-order valence-corrected chi connectivity index (χ4v) is 4.15. The number of carbonyl (C=O) groups excluding carboxylic acids is 1. The second-order valence-corrected chi connectivity index (χ2v) is 8.05. The van der Waals surface area contributed by atoms with Gasteiger partial charge in [-0.3, -0.25) is 9.59 Å². The number of aryl methyl sites for hydroxylation is 1. The van der Waals surface area contributed by atoms with Crippen LogP contribution in [0, 0.1) is 6.92 Å². The first kappa shape index (κ1) is 20.6. The Labute approximate surface area is 179 Å². The monoisotopic (exact) mass is 426 g/mol. The molecule has 1 saturated heterocycles. The number of H-pyrrole nitrogens is 1. The minimum Gasteiger partial charge on any atom is -0.370 e. The fourth-order valence-electron chi connectivity index (χ4n) is 3.86. The molecule has 1 fully saturated rings. The Morgan fingerprint density at radius 3 is 2.73 bits per heavy atom. The van der Waals surface area contributed by atoms with E-state index in [-0.39, 0.29) is 11.5 Å². The average molecular weight is 427 g/mol. The molecule has 156 valence electrons. The Kier molecular flexibility index (Phi) is 6.18. The van der Waals surface area contributed by atoms with Crippen molar-refractivity contribution in [2.45, 2.75) is 6.92 Å². The number of amides is 1. The van der Waals surface area contributed by atoms with Crippen LogP contribution in [-0.2, 0) is 4.74 Å². The van der Waals surface area contributed by atoms with Crippen molar-refractivity contribution in [1.82, 2.24) is 10.3 Å². The van der Waals surface area contributed by atoms with E-state index in [1.54, 1.807) is 18.2 Å². The maximum Gasteiger partial charge on any atom is 0.251 e. The summed E-state index contributed by atoms with van der Waals surface area (Å²) >= 11 is 6.51. The molecule has 1 aromatic heterocycles. The maximum atomic E-state index is 12.5. The van der Waals surface area contributed by atoms with Gasteiger partial charge in [-0.2, -0.15) is 0 Å². The zero-order valence-electron chi connectivity index (χ0n) is 16.9. The lowest BCUT2D eigenvalue weighted by molar-refractivity contribution is -0.906. The lowest BCUT2D eigenvalue weighted by Gasteiger charge is -2.23. The molecular weight excluding hydrogens is 402 g/mol. The molecule has 0 radical (unpaired) electrons.